The lowest BCUT2D eigenvalue weighted by molar-refractivity contribution is -0.139. The third-order valence-electron chi connectivity index (χ3n) is 6.73. The fraction of sp³-hybridized carbons (Fsp3) is 0.619. The van der Waals surface area contributed by atoms with Crippen molar-refractivity contribution in [2.24, 2.45) is 29.4 Å². The van der Waals surface area contributed by atoms with Crippen molar-refractivity contribution in [3.05, 3.63) is 30.1 Å². The fourth-order valence-electron chi connectivity index (χ4n) is 5.32. The van der Waals surface area contributed by atoms with Crippen molar-refractivity contribution >= 4 is 30.0 Å². The van der Waals surface area contributed by atoms with Crippen LogP contribution in [0.1, 0.15) is 32.1 Å². The summed E-state index contributed by atoms with van der Waals surface area (Å²) in [6.07, 6.45) is 5.33. The van der Waals surface area contributed by atoms with Crippen molar-refractivity contribution in [1.82, 2.24) is 10.2 Å². The average Bonchev–Trinajstić information content (AvgIpc) is 3.27. The van der Waals surface area contributed by atoms with Gasteiger partial charge in [0, 0.05) is 31.4 Å². The van der Waals surface area contributed by atoms with Crippen LogP contribution in [0.5, 0.6) is 0 Å². The summed E-state index contributed by atoms with van der Waals surface area (Å²) < 4.78 is 13.2. The second-order valence-electron chi connectivity index (χ2n) is 8.57. The minimum atomic E-state index is -0.391. The lowest BCUT2D eigenvalue weighted by Gasteiger charge is -2.37. The molecule has 0 spiro atoms. The number of halogens is 2. The van der Waals surface area contributed by atoms with E-state index in [0.717, 1.165) is 32.2 Å². The molecule has 5 unspecified atom stereocenters. The molecule has 1 aromatic carbocycles. The Morgan fingerprint density at radius 1 is 1.21 bits per heavy atom. The van der Waals surface area contributed by atoms with E-state index in [9.17, 15) is 14.0 Å². The molecular weight excluding hydrogens is 395 g/mol. The van der Waals surface area contributed by atoms with Crippen molar-refractivity contribution in [1.29, 1.82) is 0 Å². The lowest BCUT2D eigenvalue weighted by atomic mass is 9.83. The fourth-order valence-corrected chi connectivity index (χ4v) is 5.32. The molecule has 2 aliphatic carbocycles. The number of hydrogen-bond donors (Lipinski definition) is 3. The van der Waals surface area contributed by atoms with Gasteiger partial charge in [-0.3, -0.25) is 4.79 Å². The Labute approximate surface area is 177 Å². The van der Waals surface area contributed by atoms with Gasteiger partial charge in [-0.25, -0.2) is 9.18 Å². The second-order valence-corrected chi connectivity index (χ2v) is 8.57. The zero-order chi connectivity index (χ0) is 19.7. The number of rotatable bonds is 4. The molecule has 1 aromatic rings. The van der Waals surface area contributed by atoms with Crippen LogP contribution in [0.15, 0.2) is 24.3 Å². The Morgan fingerprint density at radius 3 is 2.72 bits per heavy atom. The Bertz CT molecular complexity index is 747. The van der Waals surface area contributed by atoms with Crippen molar-refractivity contribution < 1.29 is 14.0 Å². The van der Waals surface area contributed by atoms with Gasteiger partial charge in [-0.05, 0) is 68.1 Å². The highest BCUT2D eigenvalue weighted by atomic mass is 35.5. The van der Waals surface area contributed by atoms with E-state index in [1.807, 2.05) is 4.90 Å². The van der Waals surface area contributed by atoms with Gasteiger partial charge in [0.2, 0.25) is 5.91 Å². The number of piperidine rings is 1. The first-order valence-corrected chi connectivity index (χ1v) is 10.4. The number of urea groups is 1. The van der Waals surface area contributed by atoms with Crippen LogP contribution in [0.2, 0.25) is 0 Å². The van der Waals surface area contributed by atoms with Gasteiger partial charge in [0.05, 0.1) is 5.92 Å². The number of nitrogens with zero attached hydrogens (tertiary/aromatic N) is 1. The maximum atomic E-state index is 13.2. The molecule has 3 aliphatic rings. The molecule has 8 heteroatoms. The third kappa shape index (κ3) is 4.83. The number of likely N-dealkylation sites (tertiary alicyclic amines) is 1. The maximum absolute atomic E-state index is 13.2. The van der Waals surface area contributed by atoms with E-state index in [1.165, 1.54) is 18.6 Å². The average molecular weight is 425 g/mol. The maximum Gasteiger partial charge on any atom is 0.319 e. The molecule has 29 heavy (non-hydrogen) atoms. The van der Waals surface area contributed by atoms with E-state index < -0.39 is 5.82 Å². The SMILES string of the molecule is Cl.NC1C2CCC(C2)C1C(=O)N1CCCC(CNC(=O)Nc2cccc(F)c2)C1. The molecule has 6 nitrogen and oxygen atoms in total. The molecule has 4 N–H and O–H groups in total. The Kier molecular flexibility index (Phi) is 7.01. The van der Waals surface area contributed by atoms with Gasteiger partial charge in [-0.1, -0.05) is 6.07 Å². The summed E-state index contributed by atoms with van der Waals surface area (Å²) in [4.78, 5) is 27.1. The molecule has 1 saturated heterocycles. The predicted octanol–water partition coefficient (Wildman–Crippen LogP) is 2.98. The Hall–Kier alpha value is -1.86. The van der Waals surface area contributed by atoms with Gasteiger partial charge in [-0.15, -0.1) is 12.4 Å². The number of hydrogen-bond acceptors (Lipinski definition) is 3. The normalized spacial score (nSPS) is 30.6. The van der Waals surface area contributed by atoms with E-state index in [4.69, 9.17) is 5.73 Å². The second kappa shape index (κ2) is 9.30. The van der Waals surface area contributed by atoms with Crippen LogP contribution in [0.3, 0.4) is 0 Å². The first-order valence-electron chi connectivity index (χ1n) is 10.4. The van der Waals surface area contributed by atoms with Crippen molar-refractivity contribution in [2.45, 2.75) is 38.1 Å². The molecule has 2 bridgehead atoms. The molecule has 3 amide bonds. The van der Waals surface area contributed by atoms with Gasteiger partial charge >= 0.3 is 6.03 Å². The van der Waals surface area contributed by atoms with Crippen LogP contribution < -0.4 is 16.4 Å². The standard InChI is InChI=1S/C21H29FN4O2.ClH/c22-16-4-1-5-17(10-16)25-21(28)24-11-13-3-2-8-26(12-13)20(27)18-14-6-7-15(9-14)19(18)23;/h1,4-5,10,13-15,18-19H,2-3,6-9,11-12,23H2,(H2,24,25,28);1H. The summed E-state index contributed by atoms with van der Waals surface area (Å²) in [7, 11) is 0. The van der Waals surface area contributed by atoms with Gasteiger partial charge in [0.25, 0.3) is 0 Å². The molecular formula is C21H30ClFN4O2. The molecule has 3 fully saturated rings. The quantitative estimate of drug-likeness (QED) is 0.694. The zero-order valence-corrected chi connectivity index (χ0v) is 17.3. The predicted molar refractivity (Wildman–Crippen MR) is 112 cm³/mol. The van der Waals surface area contributed by atoms with Crippen LogP contribution in [0, 0.1) is 29.5 Å². The first kappa shape index (κ1) is 21.8. The number of benzene rings is 1. The molecule has 1 aliphatic heterocycles. The number of carbonyl (C=O) groups is 2. The van der Waals surface area contributed by atoms with E-state index in [0.29, 0.717) is 30.6 Å². The number of carbonyl (C=O) groups excluding carboxylic acids is 2. The van der Waals surface area contributed by atoms with Crippen LogP contribution in [0.4, 0.5) is 14.9 Å². The van der Waals surface area contributed by atoms with Gasteiger partial charge in [-0.2, -0.15) is 0 Å². The van der Waals surface area contributed by atoms with E-state index in [1.54, 1.807) is 12.1 Å². The largest absolute Gasteiger partial charge is 0.342 e. The van der Waals surface area contributed by atoms with Crippen molar-refractivity contribution in [3.8, 4) is 0 Å². The Morgan fingerprint density at radius 2 is 2.00 bits per heavy atom. The van der Waals surface area contributed by atoms with Crippen LogP contribution in [-0.2, 0) is 4.79 Å². The number of fused-ring (bicyclic) bond motifs is 2. The number of nitrogens with one attached hydrogen (secondary N) is 2. The van der Waals surface area contributed by atoms with E-state index in [-0.39, 0.29) is 42.2 Å². The first-order chi connectivity index (χ1) is 13.5. The minimum Gasteiger partial charge on any atom is -0.342 e. The van der Waals surface area contributed by atoms with E-state index >= 15 is 0 Å². The van der Waals surface area contributed by atoms with Gasteiger partial charge in [0.15, 0.2) is 0 Å². The summed E-state index contributed by atoms with van der Waals surface area (Å²) in [6.45, 7) is 1.94. The smallest absolute Gasteiger partial charge is 0.319 e. The highest BCUT2D eigenvalue weighted by Gasteiger charge is 2.50. The summed E-state index contributed by atoms with van der Waals surface area (Å²) in [6, 6.07) is 5.46. The highest BCUT2D eigenvalue weighted by Crippen LogP contribution is 2.48. The Balaban J connectivity index is 0.00000240. The van der Waals surface area contributed by atoms with Crippen LogP contribution in [0.25, 0.3) is 0 Å². The molecule has 1 heterocycles. The lowest BCUT2D eigenvalue weighted by Crippen LogP contribution is -2.51. The summed E-state index contributed by atoms with van der Waals surface area (Å²) in [5, 5.41) is 5.49. The van der Waals surface area contributed by atoms with Crippen LogP contribution >= 0.6 is 12.4 Å². The van der Waals surface area contributed by atoms with E-state index in [2.05, 4.69) is 10.6 Å². The zero-order valence-electron chi connectivity index (χ0n) is 16.5. The topological polar surface area (TPSA) is 87.5 Å². The molecule has 160 valence electrons. The third-order valence-corrected chi connectivity index (χ3v) is 6.73. The minimum absolute atomic E-state index is 0. The highest BCUT2D eigenvalue weighted by molar-refractivity contribution is 5.89. The van der Waals surface area contributed by atoms with Crippen molar-refractivity contribution in [2.75, 3.05) is 25.0 Å². The molecule has 4 rings (SSSR count). The summed E-state index contributed by atoms with van der Waals surface area (Å²) >= 11 is 0. The van der Waals surface area contributed by atoms with Gasteiger partial charge < -0.3 is 21.3 Å². The monoisotopic (exact) mass is 424 g/mol. The summed E-state index contributed by atoms with van der Waals surface area (Å²) in [5.41, 5.74) is 6.77. The number of anilines is 1. The summed E-state index contributed by atoms with van der Waals surface area (Å²) in [5.74, 6) is 1.02. The number of nitrogens with two attached hydrogens (primary N) is 1. The molecule has 0 radical (unpaired) electrons. The molecule has 0 aromatic heterocycles. The molecule has 5 atom stereocenters. The van der Waals surface area contributed by atoms with Gasteiger partial charge in [0.1, 0.15) is 5.82 Å². The molecule has 2 saturated carbocycles. The van der Waals surface area contributed by atoms with Crippen molar-refractivity contribution in [3.63, 3.8) is 0 Å². The number of amides is 3. The van der Waals surface area contributed by atoms with Crippen LogP contribution in [-0.4, -0.2) is 42.5 Å².